The highest BCUT2D eigenvalue weighted by atomic mass is 32.2. The number of aromatic nitrogens is 3. The van der Waals surface area contributed by atoms with Crippen LogP contribution in [-0.2, 0) is 16.4 Å². The van der Waals surface area contributed by atoms with Gasteiger partial charge >= 0.3 is 0 Å². The first-order chi connectivity index (χ1) is 9.19. The normalized spacial score (nSPS) is 13.0. The Morgan fingerprint density at radius 1 is 1.40 bits per heavy atom. The number of hydrogen-bond acceptors (Lipinski definition) is 5. The number of aryl methyl sites for hydroxylation is 1. The van der Waals surface area contributed by atoms with Crippen molar-refractivity contribution in [3.63, 3.8) is 0 Å². The van der Waals surface area contributed by atoms with Gasteiger partial charge in [-0.05, 0) is 20.8 Å². The van der Waals surface area contributed by atoms with E-state index in [9.17, 15) is 8.42 Å². The highest BCUT2D eigenvalue weighted by Gasteiger charge is 2.29. The van der Waals surface area contributed by atoms with Gasteiger partial charge in [-0.15, -0.1) is 0 Å². The second kappa shape index (κ2) is 5.14. The SMILES string of the molecule is Cc1cc2ncc(CNCC(C)(C)S(C)(=O)=O)cn2n1. The van der Waals surface area contributed by atoms with Crippen molar-refractivity contribution in [2.24, 2.45) is 0 Å². The average molecular weight is 296 g/mol. The topological polar surface area (TPSA) is 76.4 Å². The summed E-state index contributed by atoms with van der Waals surface area (Å²) in [5.41, 5.74) is 2.69. The van der Waals surface area contributed by atoms with E-state index in [4.69, 9.17) is 0 Å². The molecule has 0 aromatic carbocycles. The van der Waals surface area contributed by atoms with E-state index in [1.807, 2.05) is 19.2 Å². The van der Waals surface area contributed by atoms with Crippen molar-refractivity contribution in [1.29, 1.82) is 0 Å². The van der Waals surface area contributed by atoms with Crippen molar-refractivity contribution < 1.29 is 8.42 Å². The molecule has 0 unspecified atom stereocenters. The predicted molar refractivity (Wildman–Crippen MR) is 78.4 cm³/mol. The number of fused-ring (bicyclic) bond motifs is 1. The molecule has 0 saturated heterocycles. The van der Waals surface area contributed by atoms with Gasteiger partial charge in [-0.2, -0.15) is 5.10 Å². The summed E-state index contributed by atoms with van der Waals surface area (Å²) in [7, 11) is -3.08. The number of rotatable bonds is 5. The van der Waals surface area contributed by atoms with Crippen LogP contribution in [0, 0.1) is 6.92 Å². The monoisotopic (exact) mass is 296 g/mol. The molecule has 6 nitrogen and oxygen atoms in total. The van der Waals surface area contributed by atoms with Crippen LogP contribution in [0.5, 0.6) is 0 Å². The van der Waals surface area contributed by atoms with Gasteiger partial charge in [0.2, 0.25) is 0 Å². The van der Waals surface area contributed by atoms with Crippen molar-refractivity contribution in [3.05, 3.63) is 29.7 Å². The van der Waals surface area contributed by atoms with Crippen molar-refractivity contribution in [3.8, 4) is 0 Å². The summed E-state index contributed by atoms with van der Waals surface area (Å²) in [6.45, 7) is 6.30. The molecule has 2 heterocycles. The lowest BCUT2D eigenvalue weighted by Crippen LogP contribution is -2.41. The summed E-state index contributed by atoms with van der Waals surface area (Å²) < 4.78 is 24.2. The first-order valence-electron chi connectivity index (χ1n) is 6.40. The van der Waals surface area contributed by atoms with Crippen molar-refractivity contribution >= 4 is 15.5 Å². The molecule has 0 amide bonds. The standard InChI is InChI=1S/C13H20N4O2S/c1-10-5-12-15-7-11(8-17(12)16-10)6-14-9-13(2,3)20(4,18)19/h5,7-8,14H,6,9H2,1-4H3. The maximum Gasteiger partial charge on any atom is 0.155 e. The highest BCUT2D eigenvalue weighted by Crippen LogP contribution is 2.13. The van der Waals surface area contributed by atoms with Crippen LogP contribution >= 0.6 is 0 Å². The van der Waals surface area contributed by atoms with E-state index in [-0.39, 0.29) is 0 Å². The van der Waals surface area contributed by atoms with E-state index in [1.54, 1.807) is 24.6 Å². The molecule has 0 aliphatic rings. The molecule has 2 aromatic heterocycles. The first-order valence-corrected chi connectivity index (χ1v) is 8.29. The summed E-state index contributed by atoms with van der Waals surface area (Å²) in [6.07, 6.45) is 4.93. The zero-order chi connectivity index (χ0) is 15.0. The maximum absolute atomic E-state index is 11.6. The summed E-state index contributed by atoms with van der Waals surface area (Å²) in [6, 6.07) is 1.91. The number of nitrogens with zero attached hydrogens (tertiary/aromatic N) is 3. The van der Waals surface area contributed by atoms with E-state index in [2.05, 4.69) is 15.4 Å². The third-order valence-corrected chi connectivity index (χ3v) is 5.52. The van der Waals surface area contributed by atoms with Crippen LogP contribution in [0.1, 0.15) is 25.1 Å². The lowest BCUT2D eigenvalue weighted by molar-refractivity contribution is 0.521. The molecular weight excluding hydrogens is 276 g/mol. The van der Waals surface area contributed by atoms with E-state index in [0.29, 0.717) is 13.1 Å². The summed E-state index contributed by atoms with van der Waals surface area (Å²) in [5, 5.41) is 7.46. The molecule has 0 spiro atoms. The summed E-state index contributed by atoms with van der Waals surface area (Å²) >= 11 is 0. The average Bonchev–Trinajstić information content (AvgIpc) is 2.66. The summed E-state index contributed by atoms with van der Waals surface area (Å²) in [5.74, 6) is 0. The molecule has 0 aliphatic carbocycles. The minimum absolute atomic E-state index is 0.391. The molecule has 20 heavy (non-hydrogen) atoms. The van der Waals surface area contributed by atoms with Crippen LogP contribution in [0.3, 0.4) is 0 Å². The van der Waals surface area contributed by atoms with Gasteiger partial charge in [0.1, 0.15) is 0 Å². The van der Waals surface area contributed by atoms with Gasteiger partial charge in [-0.3, -0.25) is 0 Å². The summed E-state index contributed by atoms with van der Waals surface area (Å²) in [4.78, 5) is 4.31. The largest absolute Gasteiger partial charge is 0.311 e. The molecule has 7 heteroatoms. The molecule has 0 bridgehead atoms. The fraction of sp³-hybridized carbons (Fsp3) is 0.538. The van der Waals surface area contributed by atoms with Crippen LogP contribution in [-0.4, -0.2) is 40.6 Å². The van der Waals surface area contributed by atoms with Gasteiger partial charge in [0.15, 0.2) is 15.5 Å². The Kier molecular flexibility index (Phi) is 3.84. The molecule has 2 aromatic rings. The van der Waals surface area contributed by atoms with Gasteiger partial charge in [0.25, 0.3) is 0 Å². The zero-order valence-corrected chi connectivity index (χ0v) is 13.0. The zero-order valence-electron chi connectivity index (χ0n) is 12.2. The Bertz CT molecular complexity index is 719. The second-order valence-electron chi connectivity index (χ2n) is 5.69. The van der Waals surface area contributed by atoms with Crippen molar-refractivity contribution in [1.82, 2.24) is 19.9 Å². The second-order valence-corrected chi connectivity index (χ2v) is 8.34. The van der Waals surface area contributed by atoms with Crippen LogP contribution < -0.4 is 5.32 Å². The Morgan fingerprint density at radius 3 is 2.75 bits per heavy atom. The van der Waals surface area contributed by atoms with Gasteiger partial charge in [0.05, 0.1) is 10.4 Å². The van der Waals surface area contributed by atoms with Crippen molar-refractivity contribution in [2.75, 3.05) is 12.8 Å². The fourth-order valence-corrected chi connectivity index (χ4v) is 2.13. The van der Waals surface area contributed by atoms with E-state index in [1.165, 1.54) is 6.26 Å². The molecule has 0 fully saturated rings. The minimum Gasteiger partial charge on any atom is -0.311 e. The van der Waals surface area contributed by atoms with Gasteiger partial charge in [-0.1, -0.05) is 0 Å². The molecule has 0 aliphatic heterocycles. The minimum atomic E-state index is -3.08. The van der Waals surface area contributed by atoms with Crippen LogP contribution in [0.2, 0.25) is 0 Å². The smallest absolute Gasteiger partial charge is 0.155 e. The lowest BCUT2D eigenvalue weighted by Gasteiger charge is -2.22. The molecule has 0 saturated carbocycles. The molecule has 2 rings (SSSR count). The molecule has 1 N–H and O–H groups in total. The third-order valence-electron chi connectivity index (χ3n) is 3.37. The number of nitrogens with one attached hydrogen (secondary N) is 1. The van der Waals surface area contributed by atoms with Gasteiger partial charge < -0.3 is 5.32 Å². The molecule has 0 atom stereocenters. The van der Waals surface area contributed by atoms with Crippen LogP contribution in [0.15, 0.2) is 18.5 Å². The van der Waals surface area contributed by atoms with Gasteiger partial charge in [0, 0.05) is 43.4 Å². The molecule has 110 valence electrons. The van der Waals surface area contributed by atoms with Gasteiger partial charge in [-0.25, -0.2) is 17.9 Å². The van der Waals surface area contributed by atoms with Crippen LogP contribution in [0.4, 0.5) is 0 Å². The number of sulfone groups is 1. The van der Waals surface area contributed by atoms with E-state index in [0.717, 1.165) is 16.9 Å². The van der Waals surface area contributed by atoms with E-state index >= 15 is 0 Å². The molecular formula is C13H20N4O2S. The predicted octanol–water partition coefficient (Wildman–Crippen LogP) is 0.951. The molecule has 0 radical (unpaired) electrons. The van der Waals surface area contributed by atoms with E-state index < -0.39 is 14.6 Å². The Morgan fingerprint density at radius 2 is 2.10 bits per heavy atom. The quantitative estimate of drug-likeness (QED) is 0.889. The lowest BCUT2D eigenvalue weighted by atomic mass is 10.2. The fourth-order valence-electron chi connectivity index (χ4n) is 1.76. The van der Waals surface area contributed by atoms with Crippen molar-refractivity contribution in [2.45, 2.75) is 32.1 Å². The Hall–Kier alpha value is -1.47. The third kappa shape index (κ3) is 3.16. The first kappa shape index (κ1) is 14.9. The maximum atomic E-state index is 11.6. The Balaban J connectivity index is 2.03. The van der Waals surface area contributed by atoms with Crippen LogP contribution in [0.25, 0.3) is 5.65 Å². The highest BCUT2D eigenvalue weighted by molar-refractivity contribution is 7.92. The number of hydrogen-bond donors (Lipinski definition) is 1. The Labute approximate surface area is 119 Å².